The van der Waals surface area contributed by atoms with Crippen molar-refractivity contribution in [3.8, 4) is 5.75 Å². The highest BCUT2D eigenvalue weighted by Crippen LogP contribution is 2.23. The summed E-state index contributed by atoms with van der Waals surface area (Å²) in [6.07, 6.45) is 4.73. The van der Waals surface area contributed by atoms with Crippen LogP contribution in [-0.2, 0) is 6.61 Å². The molecule has 0 aliphatic carbocycles. The maximum Gasteiger partial charge on any atom is 0.263 e. The maximum absolute atomic E-state index is 12.6. The van der Waals surface area contributed by atoms with Crippen molar-refractivity contribution >= 4 is 17.2 Å². The summed E-state index contributed by atoms with van der Waals surface area (Å²) in [5.74, 6) is 1.09. The Kier molecular flexibility index (Phi) is 5.56. The largest absolute Gasteiger partial charge is 0.489 e. The minimum atomic E-state index is 0.180. The van der Waals surface area contributed by atoms with Crippen LogP contribution in [0.25, 0.3) is 0 Å². The first-order valence-corrected chi connectivity index (χ1v) is 9.58. The molecule has 1 amide bonds. The molecule has 0 atom stereocenters. The molecule has 1 aromatic heterocycles. The maximum atomic E-state index is 12.6. The standard InChI is InChI=1S/C20H25NO2S/c1-15-7-8-18(16(2)11-15)23-13-17-12-19(24-14-17)20(22)21-9-5-3-4-6-10-21/h7-8,11-12,14H,3-6,9-10,13H2,1-2H3. The molecule has 1 aliphatic rings. The zero-order valence-corrected chi connectivity index (χ0v) is 15.3. The Labute approximate surface area is 148 Å². The molecule has 0 bridgehead atoms. The van der Waals surface area contributed by atoms with E-state index in [0.29, 0.717) is 6.61 Å². The first-order chi connectivity index (χ1) is 11.6. The van der Waals surface area contributed by atoms with Gasteiger partial charge in [0.1, 0.15) is 12.4 Å². The van der Waals surface area contributed by atoms with Gasteiger partial charge in [0.25, 0.3) is 5.91 Å². The van der Waals surface area contributed by atoms with Crippen molar-refractivity contribution in [1.29, 1.82) is 0 Å². The van der Waals surface area contributed by atoms with Crippen molar-refractivity contribution in [2.45, 2.75) is 46.1 Å². The van der Waals surface area contributed by atoms with Crippen LogP contribution in [0.15, 0.2) is 29.6 Å². The van der Waals surface area contributed by atoms with E-state index in [1.165, 1.54) is 29.7 Å². The Morgan fingerprint density at radius 3 is 2.58 bits per heavy atom. The van der Waals surface area contributed by atoms with Crippen LogP contribution in [0.5, 0.6) is 5.75 Å². The smallest absolute Gasteiger partial charge is 0.263 e. The summed E-state index contributed by atoms with van der Waals surface area (Å²) in [5, 5.41) is 2.04. The number of likely N-dealkylation sites (tertiary alicyclic amines) is 1. The van der Waals surface area contributed by atoms with E-state index in [1.54, 1.807) is 0 Å². The number of ether oxygens (including phenoxy) is 1. The van der Waals surface area contributed by atoms with Gasteiger partial charge < -0.3 is 9.64 Å². The van der Waals surface area contributed by atoms with Crippen LogP contribution in [0.4, 0.5) is 0 Å². The van der Waals surface area contributed by atoms with Crippen molar-refractivity contribution in [1.82, 2.24) is 4.90 Å². The van der Waals surface area contributed by atoms with Gasteiger partial charge in [-0.2, -0.15) is 0 Å². The van der Waals surface area contributed by atoms with Crippen LogP contribution in [-0.4, -0.2) is 23.9 Å². The van der Waals surface area contributed by atoms with E-state index >= 15 is 0 Å². The lowest BCUT2D eigenvalue weighted by Gasteiger charge is -2.19. The molecule has 1 fully saturated rings. The molecule has 2 aromatic rings. The number of rotatable bonds is 4. The molecule has 0 unspecified atom stereocenters. The van der Waals surface area contributed by atoms with Gasteiger partial charge in [0, 0.05) is 18.7 Å². The Bertz CT molecular complexity index is 699. The quantitative estimate of drug-likeness (QED) is 0.785. The van der Waals surface area contributed by atoms with Crippen LogP contribution < -0.4 is 4.74 Å². The third-order valence-corrected chi connectivity index (χ3v) is 5.45. The summed E-state index contributed by atoms with van der Waals surface area (Å²) in [4.78, 5) is 15.5. The van der Waals surface area contributed by atoms with Gasteiger partial charge in [0.15, 0.2) is 0 Å². The number of nitrogens with zero attached hydrogens (tertiary/aromatic N) is 1. The SMILES string of the molecule is Cc1ccc(OCc2csc(C(=O)N3CCCCCC3)c2)c(C)c1. The average Bonchev–Trinajstić information content (AvgIpc) is 2.87. The summed E-state index contributed by atoms with van der Waals surface area (Å²) >= 11 is 1.53. The van der Waals surface area contributed by atoms with Crippen LogP contribution >= 0.6 is 11.3 Å². The molecule has 24 heavy (non-hydrogen) atoms. The second-order valence-corrected chi connectivity index (χ2v) is 7.49. The number of benzene rings is 1. The molecular formula is C20H25NO2S. The third kappa shape index (κ3) is 4.18. The fourth-order valence-electron chi connectivity index (χ4n) is 3.12. The van der Waals surface area contributed by atoms with Crippen LogP contribution in [0, 0.1) is 13.8 Å². The summed E-state index contributed by atoms with van der Waals surface area (Å²) in [6, 6.07) is 8.18. The highest BCUT2D eigenvalue weighted by Gasteiger charge is 2.19. The predicted octanol–water partition coefficient (Wildman–Crippen LogP) is 4.96. The normalized spacial score (nSPS) is 15.2. The first-order valence-electron chi connectivity index (χ1n) is 8.70. The molecule has 0 N–H and O–H groups in total. The Morgan fingerprint density at radius 1 is 1.12 bits per heavy atom. The average molecular weight is 343 g/mol. The molecule has 4 heteroatoms. The monoisotopic (exact) mass is 343 g/mol. The highest BCUT2D eigenvalue weighted by molar-refractivity contribution is 7.12. The molecule has 1 aromatic carbocycles. The van der Waals surface area contributed by atoms with Gasteiger partial charge in [-0.25, -0.2) is 0 Å². The molecule has 128 valence electrons. The van der Waals surface area contributed by atoms with Gasteiger partial charge in [-0.1, -0.05) is 30.5 Å². The third-order valence-electron chi connectivity index (χ3n) is 4.48. The fourth-order valence-corrected chi connectivity index (χ4v) is 3.98. The summed E-state index contributed by atoms with van der Waals surface area (Å²) in [7, 11) is 0. The Hall–Kier alpha value is -1.81. The van der Waals surface area contributed by atoms with Crippen LogP contribution in [0.3, 0.4) is 0 Å². The summed E-state index contributed by atoms with van der Waals surface area (Å²) in [5.41, 5.74) is 3.45. The molecule has 0 saturated carbocycles. The van der Waals surface area contributed by atoms with Gasteiger partial charge >= 0.3 is 0 Å². The van der Waals surface area contributed by atoms with Gasteiger partial charge in [-0.3, -0.25) is 4.79 Å². The van der Waals surface area contributed by atoms with Crippen LogP contribution in [0.2, 0.25) is 0 Å². The molecule has 1 aliphatic heterocycles. The van der Waals surface area contributed by atoms with E-state index in [2.05, 4.69) is 26.0 Å². The Morgan fingerprint density at radius 2 is 1.88 bits per heavy atom. The van der Waals surface area contributed by atoms with Crippen molar-refractivity contribution in [2.24, 2.45) is 0 Å². The zero-order chi connectivity index (χ0) is 16.9. The van der Waals surface area contributed by atoms with E-state index in [9.17, 15) is 4.79 Å². The minimum Gasteiger partial charge on any atom is -0.489 e. The summed E-state index contributed by atoms with van der Waals surface area (Å²) in [6.45, 7) is 6.44. The van der Waals surface area contributed by atoms with E-state index in [-0.39, 0.29) is 5.91 Å². The second-order valence-electron chi connectivity index (χ2n) is 6.58. The Balaban J connectivity index is 1.61. The number of hydrogen-bond donors (Lipinski definition) is 0. The topological polar surface area (TPSA) is 29.5 Å². The van der Waals surface area contributed by atoms with E-state index in [4.69, 9.17) is 4.74 Å². The van der Waals surface area contributed by atoms with Gasteiger partial charge in [0.2, 0.25) is 0 Å². The van der Waals surface area contributed by atoms with Crippen molar-refractivity contribution in [3.05, 3.63) is 51.2 Å². The first kappa shape index (κ1) is 17.0. The lowest BCUT2D eigenvalue weighted by Crippen LogP contribution is -2.31. The molecule has 3 nitrogen and oxygen atoms in total. The predicted molar refractivity (Wildman–Crippen MR) is 98.9 cm³/mol. The van der Waals surface area contributed by atoms with Crippen molar-refractivity contribution in [3.63, 3.8) is 0 Å². The number of carbonyl (C=O) groups excluding carboxylic acids is 1. The minimum absolute atomic E-state index is 0.180. The van der Waals surface area contributed by atoms with Gasteiger partial charge in [-0.05, 0) is 49.8 Å². The van der Waals surface area contributed by atoms with Crippen molar-refractivity contribution in [2.75, 3.05) is 13.1 Å². The number of aryl methyl sites for hydroxylation is 2. The van der Waals surface area contributed by atoms with E-state index in [0.717, 1.165) is 47.7 Å². The zero-order valence-electron chi connectivity index (χ0n) is 14.5. The number of hydrogen-bond acceptors (Lipinski definition) is 3. The van der Waals surface area contributed by atoms with Crippen molar-refractivity contribution < 1.29 is 9.53 Å². The lowest BCUT2D eigenvalue weighted by atomic mass is 10.1. The van der Waals surface area contributed by atoms with Gasteiger partial charge in [-0.15, -0.1) is 11.3 Å². The van der Waals surface area contributed by atoms with Gasteiger partial charge in [0.05, 0.1) is 4.88 Å². The van der Waals surface area contributed by atoms with E-state index < -0.39 is 0 Å². The van der Waals surface area contributed by atoms with Crippen LogP contribution in [0.1, 0.15) is 52.0 Å². The number of carbonyl (C=O) groups is 1. The molecule has 3 rings (SSSR count). The molecular weight excluding hydrogens is 318 g/mol. The molecule has 1 saturated heterocycles. The van der Waals surface area contributed by atoms with E-state index in [1.807, 2.05) is 22.4 Å². The molecule has 2 heterocycles. The summed E-state index contributed by atoms with van der Waals surface area (Å²) < 4.78 is 5.92. The second kappa shape index (κ2) is 7.84. The number of amides is 1. The highest BCUT2D eigenvalue weighted by atomic mass is 32.1. The number of thiophene rings is 1. The molecule has 0 radical (unpaired) electrons. The molecule has 0 spiro atoms. The fraction of sp³-hybridized carbons (Fsp3) is 0.450. The lowest BCUT2D eigenvalue weighted by molar-refractivity contribution is 0.0766.